The molecular formula is C32H36FN3O4. The molecule has 0 radical (unpaired) electrons. The van der Waals surface area contributed by atoms with Crippen LogP contribution in [0.15, 0.2) is 66.7 Å². The van der Waals surface area contributed by atoms with E-state index in [0.29, 0.717) is 30.3 Å². The number of ether oxygens (including phenoxy) is 1. The molecular weight excluding hydrogens is 509 g/mol. The van der Waals surface area contributed by atoms with Gasteiger partial charge < -0.3 is 20.3 Å². The summed E-state index contributed by atoms with van der Waals surface area (Å²) < 4.78 is 19.4. The number of nitrogens with one attached hydrogen (secondary N) is 2. The number of rotatable bonds is 9. The number of halogens is 1. The van der Waals surface area contributed by atoms with E-state index in [9.17, 15) is 18.8 Å². The second-order valence-electron chi connectivity index (χ2n) is 10.4. The Morgan fingerprint density at radius 1 is 1.00 bits per heavy atom. The van der Waals surface area contributed by atoms with E-state index in [0.717, 1.165) is 35.3 Å². The average Bonchev–Trinajstić information content (AvgIpc) is 2.93. The largest absolute Gasteiger partial charge is 0.483 e. The molecule has 4 rings (SSSR count). The van der Waals surface area contributed by atoms with E-state index >= 15 is 0 Å². The van der Waals surface area contributed by atoms with Crippen LogP contribution in [0.25, 0.3) is 0 Å². The molecule has 1 aliphatic rings. The van der Waals surface area contributed by atoms with Gasteiger partial charge in [-0.2, -0.15) is 0 Å². The van der Waals surface area contributed by atoms with E-state index < -0.39 is 11.9 Å². The van der Waals surface area contributed by atoms with E-state index in [1.54, 1.807) is 12.1 Å². The Balaban J connectivity index is 1.28. The van der Waals surface area contributed by atoms with Gasteiger partial charge in [-0.15, -0.1) is 0 Å². The van der Waals surface area contributed by atoms with Gasteiger partial charge in [-0.05, 0) is 85.2 Å². The summed E-state index contributed by atoms with van der Waals surface area (Å²) in [5, 5.41) is 5.51. The standard InChI is InChI=1S/C32H36FN3O4/c1-21-7-8-22(2)30(17-21)40-20-31(38)36-15-13-26(14-16-36)25-9-11-28(12-10-25)35-32(39)29(34-23(3)37)19-24-5-4-6-27(33)18-24/h4-12,17-18,26,29H,13-16,19-20H2,1-3H3,(H,34,37)(H,35,39). The van der Waals surface area contributed by atoms with E-state index in [4.69, 9.17) is 4.74 Å². The van der Waals surface area contributed by atoms with Crippen molar-refractivity contribution in [3.05, 3.63) is 94.8 Å². The van der Waals surface area contributed by atoms with Gasteiger partial charge in [0.15, 0.2) is 6.61 Å². The number of aryl methyl sites for hydroxylation is 2. The number of amides is 3. The average molecular weight is 546 g/mol. The zero-order valence-corrected chi connectivity index (χ0v) is 23.2. The third-order valence-corrected chi connectivity index (χ3v) is 7.21. The quantitative estimate of drug-likeness (QED) is 0.400. The van der Waals surface area contributed by atoms with E-state index in [1.165, 1.54) is 19.1 Å². The van der Waals surface area contributed by atoms with Crippen molar-refractivity contribution in [3.63, 3.8) is 0 Å². The zero-order valence-electron chi connectivity index (χ0n) is 23.2. The summed E-state index contributed by atoms with van der Waals surface area (Å²) in [5.74, 6) is -0.0578. The number of hydrogen-bond donors (Lipinski definition) is 2. The lowest BCUT2D eigenvalue weighted by molar-refractivity contribution is -0.134. The number of piperidine rings is 1. The minimum Gasteiger partial charge on any atom is -0.483 e. The highest BCUT2D eigenvalue weighted by molar-refractivity contribution is 5.97. The van der Waals surface area contributed by atoms with Crippen LogP contribution in [0.4, 0.5) is 10.1 Å². The molecule has 8 heteroatoms. The van der Waals surface area contributed by atoms with Crippen LogP contribution in [-0.2, 0) is 20.8 Å². The molecule has 1 heterocycles. The normalized spacial score (nSPS) is 14.3. The maximum absolute atomic E-state index is 13.6. The van der Waals surface area contributed by atoms with Crippen LogP contribution in [0, 0.1) is 19.7 Å². The molecule has 0 saturated carbocycles. The topological polar surface area (TPSA) is 87.7 Å². The van der Waals surface area contributed by atoms with Crippen LogP contribution < -0.4 is 15.4 Å². The maximum atomic E-state index is 13.6. The molecule has 3 amide bonds. The van der Waals surface area contributed by atoms with Gasteiger partial charge in [-0.25, -0.2) is 4.39 Å². The van der Waals surface area contributed by atoms with Gasteiger partial charge in [0.25, 0.3) is 5.91 Å². The minimum absolute atomic E-state index is 0.00983. The molecule has 0 spiro atoms. The van der Waals surface area contributed by atoms with Crippen LogP contribution in [0.1, 0.15) is 47.9 Å². The van der Waals surface area contributed by atoms with Crippen molar-refractivity contribution in [1.82, 2.24) is 10.2 Å². The van der Waals surface area contributed by atoms with Gasteiger partial charge in [0, 0.05) is 32.1 Å². The Hall–Kier alpha value is -4.20. The van der Waals surface area contributed by atoms with Crippen LogP contribution in [0.2, 0.25) is 0 Å². The predicted molar refractivity (Wildman–Crippen MR) is 153 cm³/mol. The molecule has 1 unspecified atom stereocenters. The fraction of sp³-hybridized carbons (Fsp3) is 0.344. The van der Waals surface area contributed by atoms with Gasteiger partial charge >= 0.3 is 0 Å². The van der Waals surface area contributed by atoms with Crippen molar-refractivity contribution in [2.45, 2.75) is 52.0 Å². The molecule has 1 aliphatic heterocycles. The van der Waals surface area contributed by atoms with Crippen molar-refractivity contribution < 1.29 is 23.5 Å². The van der Waals surface area contributed by atoms with Crippen LogP contribution in [-0.4, -0.2) is 48.4 Å². The Kier molecular flexibility index (Phi) is 9.53. The van der Waals surface area contributed by atoms with Crippen LogP contribution in [0.5, 0.6) is 5.75 Å². The third kappa shape index (κ3) is 7.91. The monoisotopic (exact) mass is 545 g/mol. The summed E-state index contributed by atoms with van der Waals surface area (Å²) >= 11 is 0. The first-order chi connectivity index (χ1) is 19.2. The van der Waals surface area contributed by atoms with Crippen molar-refractivity contribution in [3.8, 4) is 5.75 Å². The highest BCUT2D eigenvalue weighted by atomic mass is 19.1. The molecule has 1 saturated heterocycles. The van der Waals surface area contributed by atoms with Crippen molar-refractivity contribution in [2.24, 2.45) is 0 Å². The van der Waals surface area contributed by atoms with Crippen molar-refractivity contribution in [2.75, 3.05) is 25.0 Å². The number of carbonyl (C=O) groups excluding carboxylic acids is 3. The molecule has 3 aromatic rings. The van der Waals surface area contributed by atoms with Gasteiger partial charge in [0.1, 0.15) is 17.6 Å². The lowest BCUT2D eigenvalue weighted by atomic mass is 9.89. The molecule has 210 valence electrons. The van der Waals surface area contributed by atoms with Crippen LogP contribution in [0.3, 0.4) is 0 Å². The molecule has 0 aromatic heterocycles. The first kappa shape index (κ1) is 28.8. The fourth-order valence-electron chi connectivity index (χ4n) is 4.98. The summed E-state index contributed by atoms with van der Waals surface area (Å²) in [5.41, 5.74) is 4.48. The molecule has 40 heavy (non-hydrogen) atoms. The molecule has 0 bridgehead atoms. The Bertz CT molecular complexity index is 1350. The Morgan fingerprint density at radius 2 is 1.73 bits per heavy atom. The third-order valence-electron chi connectivity index (χ3n) is 7.21. The van der Waals surface area contributed by atoms with Crippen molar-refractivity contribution in [1.29, 1.82) is 0 Å². The smallest absolute Gasteiger partial charge is 0.260 e. The first-order valence-electron chi connectivity index (χ1n) is 13.6. The van der Waals surface area contributed by atoms with E-state index in [2.05, 4.69) is 10.6 Å². The summed E-state index contributed by atoms with van der Waals surface area (Å²) in [7, 11) is 0. The predicted octanol–water partition coefficient (Wildman–Crippen LogP) is 4.91. The lowest BCUT2D eigenvalue weighted by Gasteiger charge is -2.32. The second-order valence-corrected chi connectivity index (χ2v) is 10.4. The summed E-state index contributed by atoms with van der Waals surface area (Å²) in [4.78, 5) is 39.2. The van der Waals surface area contributed by atoms with E-state index in [-0.39, 0.29) is 30.7 Å². The number of anilines is 1. The van der Waals surface area contributed by atoms with Gasteiger partial charge in [0.2, 0.25) is 11.8 Å². The minimum atomic E-state index is -0.834. The number of nitrogens with zero attached hydrogens (tertiary/aromatic N) is 1. The Morgan fingerprint density at radius 3 is 2.40 bits per heavy atom. The van der Waals surface area contributed by atoms with Gasteiger partial charge in [-0.1, -0.05) is 36.4 Å². The van der Waals surface area contributed by atoms with Gasteiger partial charge in [0.05, 0.1) is 0 Å². The highest BCUT2D eigenvalue weighted by Crippen LogP contribution is 2.29. The summed E-state index contributed by atoms with van der Waals surface area (Å²) in [6.07, 6.45) is 1.87. The fourth-order valence-corrected chi connectivity index (χ4v) is 4.98. The second kappa shape index (κ2) is 13.2. The molecule has 7 nitrogen and oxygen atoms in total. The number of hydrogen-bond acceptors (Lipinski definition) is 4. The summed E-state index contributed by atoms with van der Waals surface area (Å²) in [6.45, 7) is 6.67. The Labute approximate surface area is 234 Å². The maximum Gasteiger partial charge on any atom is 0.260 e. The number of likely N-dealkylation sites (tertiary alicyclic amines) is 1. The zero-order chi connectivity index (χ0) is 28.6. The van der Waals surface area contributed by atoms with E-state index in [1.807, 2.05) is 61.2 Å². The summed E-state index contributed by atoms with van der Waals surface area (Å²) in [6, 6.07) is 18.8. The lowest BCUT2D eigenvalue weighted by Crippen LogP contribution is -2.44. The molecule has 1 atom stereocenters. The molecule has 3 aromatic carbocycles. The SMILES string of the molecule is CC(=O)NC(Cc1cccc(F)c1)C(=O)Nc1ccc(C2CCN(C(=O)COc3cc(C)ccc3C)CC2)cc1. The molecule has 0 aliphatic carbocycles. The van der Waals surface area contributed by atoms with Crippen LogP contribution >= 0.6 is 0 Å². The number of carbonyl (C=O) groups is 3. The molecule has 1 fully saturated rings. The first-order valence-corrected chi connectivity index (χ1v) is 13.6. The van der Waals surface area contributed by atoms with Gasteiger partial charge in [-0.3, -0.25) is 14.4 Å². The molecule has 2 N–H and O–H groups in total. The van der Waals surface area contributed by atoms with Crippen molar-refractivity contribution >= 4 is 23.4 Å². The number of benzene rings is 3. The highest BCUT2D eigenvalue weighted by Gasteiger charge is 2.25.